The molecule has 0 aromatic heterocycles. The largest absolute Gasteiger partial charge is 0.479 e. The molecule has 1 rings (SSSR count). The second-order valence-electron chi connectivity index (χ2n) is 22.4. The van der Waals surface area contributed by atoms with Gasteiger partial charge in [-0.2, -0.15) is 0 Å². The van der Waals surface area contributed by atoms with Crippen LogP contribution >= 0.6 is 0 Å². The summed E-state index contributed by atoms with van der Waals surface area (Å²) >= 11 is 0. The van der Waals surface area contributed by atoms with Crippen LogP contribution in [0.4, 0.5) is 0 Å². The van der Waals surface area contributed by atoms with E-state index < -0.39 is 67.3 Å². The molecule has 466 valence electrons. The van der Waals surface area contributed by atoms with Crippen LogP contribution in [0.1, 0.15) is 290 Å². The molecule has 0 bridgehead atoms. The number of hydrogen-bond acceptors (Lipinski definition) is 11. The van der Waals surface area contributed by atoms with Crippen molar-refractivity contribution in [2.75, 3.05) is 13.2 Å². The summed E-state index contributed by atoms with van der Waals surface area (Å²) in [5.41, 5.74) is 0. The van der Waals surface area contributed by atoms with E-state index >= 15 is 0 Å². The maximum Gasteiger partial charge on any atom is 0.335 e. The first-order chi connectivity index (χ1) is 39.6. The number of carboxylic acids is 1. The maximum atomic E-state index is 13.2. The van der Waals surface area contributed by atoms with Crippen LogP contribution in [0.15, 0.2) is 72.9 Å². The van der Waals surface area contributed by atoms with Gasteiger partial charge in [0.2, 0.25) is 0 Å². The molecule has 12 nitrogen and oxygen atoms in total. The lowest BCUT2D eigenvalue weighted by Crippen LogP contribution is -2.61. The molecule has 12 heteroatoms. The SMILES string of the molecule is CC/C=C\C/C=C\C/C=C\C/C=C\CCCCCCCCC(=O)OCC(COC1OC(C(=O)O)C(O)C(O)C1OC(=O)CCCCCCCCCCCCCCCCCCCCC)OC(=O)CCCCCCC/C=C\C/C=C\CCC. The molecule has 1 aliphatic heterocycles. The Labute approximate surface area is 493 Å². The van der Waals surface area contributed by atoms with Gasteiger partial charge in [-0.1, -0.05) is 261 Å². The van der Waals surface area contributed by atoms with E-state index in [1.807, 2.05) is 0 Å². The van der Waals surface area contributed by atoms with E-state index in [0.717, 1.165) is 141 Å². The lowest BCUT2D eigenvalue weighted by Gasteiger charge is -2.40. The number of esters is 3. The molecule has 1 aliphatic rings. The van der Waals surface area contributed by atoms with Gasteiger partial charge in [0, 0.05) is 19.3 Å². The summed E-state index contributed by atoms with van der Waals surface area (Å²) in [4.78, 5) is 51.3. The predicted octanol–water partition coefficient (Wildman–Crippen LogP) is 17.7. The number of aliphatic hydroxyl groups is 2. The first kappa shape index (κ1) is 75.2. The van der Waals surface area contributed by atoms with E-state index in [1.54, 1.807) is 0 Å². The van der Waals surface area contributed by atoms with Gasteiger partial charge in [0.15, 0.2) is 24.6 Å². The van der Waals surface area contributed by atoms with Crippen LogP contribution in [0.2, 0.25) is 0 Å². The van der Waals surface area contributed by atoms with Crippen molar-refractivity contribution in [3.05, 3.63) is 72.9 Å². The van der Waals surface area contributed by atoms with Gasteiger partial charge >= 0.3 is 23.9 Å². The van der Waals surface area contributed by atoms with Crippen molar-refractivity contribution in [3.8, 4) is 0 Å². The van der Waals surface area contributed by atoms with Crippen molar-refractivity contribution in [3.63, 3.8) is 0 Å². The Bertz CT molecular complexity index is 1680. The Morgan fingerprint density at radius 2 is 0.802 bits per heavy atom. The zero-order chi connectivity index (χ0) is 58.9. The lowest BCUT2D eigenvalue weighted by molar-refractivity contribution is -0.301. The predicted molar refractivity (Wildman–Crippen MR) is 331 cm³/mol. The summed E-state index contributed by atoms with van der Waals surface area (Å²) < 4.78 is 28.5. The minimum Gasteiger partial charge on any atom is -0.479 e. The number of hydrogen-bond donors (Lipinski definition) is 3. The van der Waals surface area contributed by atoms with Gasteiger partial charge in [-0.3, -0.25) is 14.4 Å². The van der Waals surface area contributed by atoms with E-state index in [0.29, 0.717) is 19.3 Å². The Morgan fingerprint density at radius 3 is 1.23 bits per heavy atom. The summed E-state index contributed by atoms with van der Waals surface area (Å²) in [6, 6.07) is 0. The van der Waals surface area contributed by atoms with Crippen LogP contribution in [-0.2, 0) is 42.9 Å². The smallest absolute Gasteiger partial charge is 0.335 e. The lowest BCUT2D eigenvalue weighted by atomic mass is 9.98. The molecule has 0 aromatic rings. The van der Waals surface area contributed by atoms with Crippen LogP contribution in [0.5, 0.6) is 0 Å². The van der Waals surface area contributed by atoms with E-state index in [1.165, 1.54) is 89.9 Å². The van der Waals surface area contributed by atoms with Gasteiger partial charge in [-0.05, 0) is 83.5 Å². The molecule has 1 saturated heterocycles. The molecule has 0 spiro atoms. The molecule has 1 heterocycles. The van der Waals surface area contributed by atoms with Gasteiger partial charge in [0.1, 0.15) is 18.8 Å². The number of carbonyl (C=O) groups excluding carboxylic acids is 3. The standard InChI is InChI=1S/C69H118O12/c1-4-7-10-13-16-19-22-25-27-29-31-33-35-38-40-43-46-49-52-55-61(70)77-58-60(79-62(71)56-53-50-47-44-41-37-24-21-18-15-12-9-6-3)59-78-69-67(65(74)64(73)66(81-69)68(75)76)80-63(72)57-54-51-48-45-42-39-36-34-32-30-28-26-23-20-17-14-11-8-5-2/h7,10,12,15-16,19,21,24-25,27,31,33,60,64-67,69,73-74H,4-6,8-9,11,13-14,17-18,20,22-23,26,28-30,32,34-59H2,1-3H3,(H,75,76)/b10-7-,15-12-,19-16-,24-21-,27-25-,33-31-. The summed E-state index contributed by atoms with van der Waals surface area (Å²) in [6.45, 7) is 5.83. The van der Waals surface area contributed by atoms with Gasteiger partial charge in [-0.15, -0.1) is 0 Å². The van der Waals surface area contributed by atoms with Crippen LogP contribution in [0.25, 0.3) is 0 Å². The van der Waals surface area contributed by atoms with Crippen LogP contribution in [-0.4, -0.2) is 89.2 Å². The molecule has 0 radical (unpaired) electrons. The summed E-state index contributed by atoms with van der Waals surface area (Å²) in [5.74, 6) is -3.14. The van der Waals surface area contributed by atoms with Crippen LogP contribution < -0.4 is 0 Å². The molecule has 0 saturated carbocycles. The van der Waals surface area contributed by atoms with E-state index in [2.05, 4.69) is 93.7 Å². The summed E-state index contributed by atoms with van der Waals surface area (Å²) in [5, 5.41) is 31.6. The first-order valence-electron chi connectivity index (χ1n) is 32.9. The Kier molecular flexibility index (Phi) is 52.6. The van der Waals surface area contributed by atoms with Crippen molar-refractivity contribution < 1.29 is 58.2 Å². The normalized spacial score (nSPS) is 18.2. The molecule has 3 N–H and O–H groups in total. The highest BCUT2D eigenvalue weighted by Gasteiger charge is 2.50. The molecule has 0 aliphatic carbocycles. The zero-order valence-corrected chi connectivity index (χ0v) is 51.5. The van der Waals surface area contributed by atoms with Crippen molar-refractivity contribution in [1.82, 2.24) is 0 Å². The number of carboxylic acid groups (broad SMARTS) is 1. The van der Waals surface area contributed by atoms with E-state index in [-0.39, 0.29) is 25.9 Å². The average molecular weight is 1140 g/mol. The minimum atomic E-state index is -1.91. The Balaban J connectivity index is 2.63. The van der Waals surface area contributed by atoms with Crippen LogP contribution in [0.3, 0.4) is 0 Å². The first-order valence-corrected chi connectivity index (χ1v) is 32.9. The molecular weight excluding hydrogens is 1020 g/mol. The topological polar surface area (TPSA) is 175 Å². The maximum absolute atomic E-state index is 13.2. The Morgan fingerprint density at radius 1 is 0.420 bits per heavy atom. The minimum absolute atomic E-state index is 0.0597. The van der Waals surface area contributed by atoms with E-state index in [4.69, 9.17) is 23.7 Å². The number of unbranched alkanes of at least 4 members (excludes halogenated alkanes) is 30. The highest BCUT2D eigenvalue weighted by atomic mass is 16.7. The van der Waals surface area contributed by atoms with Gasteiger partial charge in [-0.25, -0.2) is 4.79 Å². The quantitative estimate of drug-likeness (QED) is 0.0228. The zero-order valence-electron chi connectivity index (χ0n) is 51.5. The molecule has 0 aromatic carbocycles. The van der Waals surface area contributed by atoms with Gasteiger partial charge < -0.3 is 39.0 Å². The number of carbonyl (C=O) groups is 4. The van der Waals surface area contributed by atoms with Crippen molar-refractivity contribution >= 4 is 23.9 Å². The summed E-state index contributed by atoms with van der Waals surface area (Å²) in [6.07, 6.45) is 60.0. The monoisotopic (exact) mass is 1140 g/mol. The molecule has 6 unspecified atom stereocenters. The number of aliphatic hydroxyl groups excluding tert-OH is 2. The number of rotatable bonds is 56. The molecular formula is C69H118O12. The second kappa shape index (κ2) is 56.6. The number of allylic oxidation sites excluding steroid dienone is 12. The third-order valence-corrected chi connectivity index (χ3v) is 14.7. The molecule has 81 heavy (non-hydrogen) atoms. The number of aliphatic carboxylic acids is 1. The third-order valence-electron chi connectivity index (χ3n) is 14.7. The Hall–Kier alpha value is -3.84. The van der Waals surface area contributed by atoms with Gasteiger partial charge in [0.25, 0.3) is 0 Å². The fourth-order valence-electron chi connectivity index (χ4n) is 9.75. The van der Waals surface area contributed by atoms with Crippen LogP contribution in [0, 0.1) is 0 Å². The van der Waals surface area contributed by atoms with Gasteiger partial charge in [0.05, 0.1) is 6.61 Å². The highest BCUT2D eigenvalue weighted by molar-refractivity contribution is 5.74. The summed E-state index contributed by atoms with van der Waals surface area (Å²) in [7, 11) is 0. The fourth-order valence-corrected chi connectivity index (χ4v) is 9.75. The van der Waals surface area contributed by atoms with Crippen molar-refractivity contribution in [2.24, 2.45) is 0 Å². The molecule has 0 amide bonds. The second-order valence-corrected chi connectivity index (χ2v) is 22.4. The fraction of sp³-hybridized carbons (Fsp3) is 0.768. The highest BCUT2D eigenvalue weighted by Crippen LogP contribution is 2.27. The van der Waals surface area contributed by atoms with Crippen molar-refractivity contribution in [2.45, 2.75) is 327 Å². The number of ether oxygens (including phenoxy) is 5. The molecule has 6 atom stereocenters. The van der Waals surface area contributed by atoms with E-state index in [9.17, 15) is 34.5 Å². The third kappa shape index (κ3) is 46.3. The molecule has 1 fully saturated rings. The average Bonchev–Trinajstić information content (AvgIpc) is 3.45. The van der Waals surface area contributed by atoms with Crippen molar-refractivity contribution in [1.29, 1.82) is 0 Å².